The van der Waals surface area contributed by atoms with Crippen LogP contribution in [0.25, 0.3) is 0 Å². The molecule has 0 unspecified atom stereocenters. The minimum atomic E-state index is 0.818. The monoisotopic (exact) mass is 212 g/mol. The molecule has 0 aliphatic carbocycles. The summed E-state index contributed by atoms with van der Waals surface area (Å²) in [6.45, 7) is 4.99. The van der Waals surface area contributed by atoms with E-state index in [1.165, 1.54) is 16.7 Å². The van der Waals surface area contributed by atoms with E-state index in [4.69, 9.17) is 0 Å². The molecular formula is C14H16N2. The molecule has 2 rings (SSSR count). The molecule has 1 aromatic carbocycles. The molecule has 2 nitrogen and oxygen atoms in total. The van der Waals surface area contributed by atoms with Gasteiger partial charge in [-0.3, -0.25) is 0 Å². The molecule has 0 atom stereocenters. The number of nitrogens with one attached hydrogen (secondary N) is 1. The molecule has 0 radical (unpaired) electrons. The maximum absolute atomic E-state index is 4.27. The molecule has 2 heteroatoms. The summed E-state index contributed by atoms with van der Waals surface area (Å²) in [5, 5.41) is 3.32. The normalized spacial score (nSPS) is 10.1. The zero-order valence-electron chi connectivity index (χ0n) is 9.70. The van der Waals surface area contributed by atoms with Crippen molar-refractivity contribution in [1.29, 1.82) is 0 Å². The van der Waals surface area contributed by atoms with Crippen molar-refractivity contribution in [3.63, 3.8) is 0 Å². The average Bonchev–Trinajstić information content (AvgIpc) is 2.27. The van der Waals surface area contributed by atoms with Crippen LogP contribution in [0, 0.1) is 13.8 Å². The number of pyridine rings is 1. The molecule has 0 saturated carbocycles. The maximum atomic E-state index is 4.27. The SMILES string of the molecule is Cc1cccc(CNc2cc(C)ccn2)c1. The van der Waals surface area contributed by atoms with Crippen molar-refractivity contribution in [2.24, 2.45) is 0 Å². The highest BCUT2D eigenvalue weighted by molar-refractivity contribution is 5.38. The third-order valence-electron chi connectivity index (χ3n) is 2.47. The predicted octanol–water partition coefficient (Wildman–Crippen LogP) is 3.31. The second kappa shape index (κ2) is 4.79. The molecular weight excluding hydrogens is 196 g/mol. The summed E-state index contributed by atoms with van der Waals surface area (Å²) >= 11 is 0. The van der Waals surface area contributed by atoms with Crippen molar-refractivity contribution in [1.82, 2.24) is 4.98 Å². The third-order valence-corrected chi connectivity index (χ3v) is 2.47. The Labute approximate surface area is 96.4 Å². The number of aromatic nitrogens is 1. The maximum Gasteiger partial charge on any atom is 0.126 e. The first-order chi connectivity index (χ1) is 7.74. The van der Waals surface area contributed by atoms with Crippen molar-refractivity contribution in [2.45, 2.75) is 20.4 Å². The van der Waals surface area contributed by atoms with Crippen molar-refractivity contribution < 1.29 is 0 Å². The summed E-state index contributed by atoms with van der Waals surface area (Å²) in [6.07, 6.45) is 1.83. The summed E-state index contributed by atoms with van der Waals surface area (Å²) in [7, 11) is 0. The number of hydrogen-bond acceptors (Lipinski definition) is 2. The minimum absolute atomic E-state index is 0.818. The molecule has 1 aromatic heterocycles. The summed E-state index contributed by atoms with van der Waals surface area (Å²) < 4.78 is 0. The molecule has 1 heterocycles. The molecule has 0 aliphatic heterocycles. The first-order valence-corrected chi connectivity index (χ1v) is 5.46. The Bertz CT molecular complexity index is 432. The molecule has 2 aromatic rings. The number of anilines is 1. The standard InChI is InChI=1S/C14H16N2/c1-11-4-3-5-13(8-11)10-16-14-9-12(2)6-7-15-14/h3-9H,10H2,1-2H3,(H,15,16). The van der Waals surface area contributed by atoms with Gasteiger partial charge in [-0.1, -0.05) is 29.8 Å². The Balaban J connectivity index is 2.02. The fourth-order valence-corrected chi connectivity index (χ4v) is 1.65. The molecule has 16 heavy (non-hydrogen) atoms. The summed E-state index contributed by atoms with van der Waals surface area (Å²) in [5.74, 6) is 0.932. The number of benzene rings is 1. The highest BCUT2D eigenvalue weighted by Gasteiger charge is 1.95. The van der Waals surface area contributed by atoms with Gasteiger partial charge in [-0.2, -0.15) is 0 Å². The third kappa shape index (κ3) is 2.83. The summed E-state index contributed by atoms with van der Waals surface area (Å²) in [5.41, 5.74) is 3.79. The fourth-order valence-electron chi connectivity index (χ4n) is 1.65. The zero-order valence-corrected chi connectivity index (χ0v) is 9.70. The van der Waals surface area contributed by atoms with Gasteiger partial charge in [0.2, 0.25) is 0 Å². The van der Waals surface area contributed by atoms with Gasteiger partial charge in [0.15, 0.2) is 0 Å². The Kier molecular flexibility index (Phi) is 3.20. The lowest BCUT2D eigenvalue weighted by molar-refractivity contribution is 1.10. The van der Waals surface area contributed by atoms with Crippen molar-refractivity contribution >= 4 is 5.82 Å². The Morgan fingerprint density at radius 3 is 2.62 bits per heavy atom. The largest absolute Gasteiger partial charge is 0.366 e. The molecule has 0 fully saturated rings. The van der Waals surface area contributed by atoms with Crippen molar-refractivity contribution in [2.75, 3.05) is 5.32 Å². The summed E-state index contributed by atoms with van der Waals surface area (Å²) in [6, 6.07) is 12.5. The molecule has 0 amide bonds. The van der Waals surface area contributed by atoms with Gasteiger partial charge < -0.3 is 5.32 Å². The number of rotatable bonds is 3. The Morgan fingerprint density at radius 1 is 1.06 bits per heavy atom. The van der Waals surface area contributed by atoms with E-state index in [-0.39, 0.29) is 0 Å². The van der Waals surface area contributed by atoms with Crippen LogP contribution in [0.1, 0.15) is 16.7 Å². The van der Waals surface area contributed by atoms with E-state index < -0.39 is 0 Å². The van der Waals surface area contributed by atoms with Crippen LogP contribution in [0.5, 0.6) is 0 Å². The second-order valence-electron chi connectivity index (χ2n) is 4.06. The Morgan fingerprint density at radius 2 is 1.88 bits per heavy atom. The van der Waals surface area contributed by atoms with Crippen LogP contribution in [-0.2, 0) is 6.54 Å². The molecule has 82 valence electrons. The van der Waals surface area contributed by atoms with Crippen LogP contribution in [0.2, 0.25) is 0 Å². The number of hydrogen-bond donors (Lipinski definition) is 1. The zero-order chi connectivity index (χ0) is 11.4. The lowest BCUT2D eigenvalue weighted by atomic mass is 10.1. The van der Waals surface area contributed by atoms with Crippen LogP contribution < -0.4 is 5.32 Å². The van der Waals surface area contributed by atoms with Crippen LogP contribution in [-0.4, -0.2) is 4.98 Å². The molecule has 0 saturated heterocycles. The van der Waals surface area contributed by atoms with E-state index in [0.29, 0.717) is 0 Å². The number of nitrogens with zero attached hydrogens (tertiary/aromatic N) is 1. The van der Waals surface area contributed by atoms with Gasteiger partial charge in [0.1, 0.15) is 5.82 Å². The quantitative estimate of drug-likeness (QED) is 0.844. The smallest absolute Gasteiger partial charge is 0.126 e. The van der Waals surface area contributed by atoms with Crippen LogP contribution >= 0.6 is 0 Å². The van der Waals surface area contributed by atoms with Gasteiger partial charge in [-0.05, 0) is 37.1 Å². The van der Waals surface area contributed by atoms with E-state index >= 15 is 0 Å². The van der Waals surface area contributed by atoms with Gasteiger partial charge in [0, 0.05) is 12.7 Å². The van der Waals surface area contributed by atoms with E-state index in [9.17, 15) is 0 Å². The van der Waals surface area contributed by atoms with Gasteiger partial charge in [-0.25, -0.2) is 4.98 Å². The lowest BCUT2D eigenvalue weighted by Gasteiger charge is -2.06. The van der Waals surface area contributed by atoms with Gasteiger partial charge >= 0.3 is 0 Å². The highest BCUT2D eigenvalue weighted by atomic mass is 15.0. The molecule has 0 aliphatic rings. The highest BCUT2D eigenvalue weighted by Crippen LogP contribution is 2.09. The second-order valence-corrected chi connectivity index (χ2v) is 4.06. The van der Waals surface area contributed by atoms with Crippen molar-refractivity contribution in [3.8, 4) is 0 Å². The van der Waals surface area contributed by atoms with Gasteiger partial charge in [-0.15, -0.1) is 0 Å². The lowest BCUT2D eigenvalue weighted by Crippen LogP contribution is -2.01. The molecule has 0 bridgehead atoms. The van der Waals surface area contributed by atoms with Gasteiger partial charge in [0.05, 0.1) is 0 Å². The first kappa shape index (κ1) is 10.7. The van der Waals surface area contributed by atoms with Crippen LogP contribution in [0.3, 0.4) is 0 Å². The van der Waals surface area contributed by atoms with Crippen LogP contribution in [0.4, 0.5) is 5.82 Å². The van der Waals surface area contributed by atoms with E-state index in [1.54, 1.807) is 0 Å². The van der Waals surface area contributed by atoms with Gasteiger partial charge in [0.25, 0.3) is 0 Å². The van der Waals surface area contributed by atoms with E-state index in [2.05, 4.69) is 54.5 Å². The minimum Gasteiger partial charge on any atom is -0.366 e. The molecule has 1 N–H and O–H groups in total. The van der Waals surface area contributed by atoms with E-state index in [0.717, 1.165) is 12.4 Å². The van der Waals surface area contributed by atoms with Crippen molar-refractivity contribution in [3.05, 3.63) is 59.3 Å². The predicted molar refractivity (Wildman–Crippen MR) is 67.5 cm³/mol. The number of aryl methyl sites for hydroxylation is 2. The molecule has 0 spiro atoms. The van der Waals surface area contributed by atoms with E-state index in [1.807, 2.05) is 12.3 Å². The summed E-state index contributed by atoms with van der Waals surface area (Å²) in [4.78, 5) is 4.27. The average molecular weight is 212 g/mol. The van der Waals surface area contributed by atoms with Crippen LogP contribution in [0.15, 0.2) is 42.6 Å². The Hall–Kier alpha value is -1.83. The topological polar surface area (TPSA) is 24.9 Å². The first-order valence-electron chi connectivity index (χ1n) is 5.46. The fraction of sp³-hybridized carbons (Fsp3) is 0.214.